The molecule has 12 aromatic carbocycles. The van der Waals surface area contributed by atoms with Crippen LogP contribution in [-0.4, -0.2) is 124 Å². The third-order valence-corrected chi connectivity index (χ3v) is 24.7. The molecule has 1 saturated heterocycles. The SMILES string of the molecule is c1ccc2c(c1)c1ccccc1n2-c1nc(N2B3N(B4N(B5N3c3nccnc3N5c3nc(-n5c6ccccc6c6ccccc65)nc(-n5c6ccccc6c6ccccc65)n3)c3nccnc3N4c3nc(-n4c5ccccc5c5ccccc54)nc(-n4c5ccccc5c5ccccc54)n3)c3nccnc32)nc(-n2c3ccccc3c3ccccc32)n1. The van der Waals surface area contributed by atoms with Crippen LogP contribution in [0.1, 0.15) is 0 Å². The average molecular weight is 1580 g/mol. The largest absolute Gasteiger partial charge is 0.495 e. The van der Waals surface area contributed by atoms with E-state index in [-0.39, 0.29) is 17.8 Å². The zero-order chi connectivity index (χ0) is 80.0. The highest BCUT2D eigenvalue weighted by Crippen LogP contribution is 2.56. The Bertz CT molecular complexity index is 7200. The number of rotatable bonds is 9. The number of nitrogens with zero attached hydrogens (tertiary/aromatic N) is 27. The van der Waals surface area contributed by atoms with Crippen LogP contribution in [0.3, 0.4) is 0 Å². The maximum absolute atomic E-state index is 5.88. The fourth-order valence-corrected chi connectivity index (χ4v) is 19.9. The van der Waals surface area contributed by atoms with Gasteiger partial charge in [-0.25, -0.2) is 29.9 Å². The number of fused-ring (bicyclic) bond motifs is 30. The van der Waals surface area contributed by atoms with Crippen molar-refractivity contribution < 1.29 is 0 Å². The summed E-state index contributed by atoms with van der Waals surface area (Å²) in [5.74, 6) is 4.98. The Morgan fingerprint density at radius 3 is 0.431 bits per heavy atom. The Hall–Kier alpha value is -17.3. The monoisotopic (exact) mass is 1580 g/mol. The predicted octanol–water partition coefficient (Wildman–Crippen LogP) is 17.4. The molecule has 12 aromatic heterocycles. The zero-order valence-corrected chi connectivity index (χ0v) is 64.5. The molecule has 0 atom stereocenters. The highest BCUT2D eigenvalue weighted by atomic mass is 15.6. The normalized spacial score (nSPS) is 13.7. The van der Waals surface area contributed by atoms with Crippen molar-refractivity contribution in [2.45, 2.75) is 0 Å². The number of para-hydroxylation sites is 12. The molecule has 28 rings (SSSR count). The van der Waals surface area contributed by atoms with E-state index in [1.165, 1.54) is 0 Å². The van der Waals surface area contributed by atoms with Gasteiger partial charge in [0.05, 0.1) is 66.2 Å². The molecule has 27 nitrogen and oxygen atoms in total. The molecule has 4 aliphatic heterocycles. The van der Waals surface area contributed by atoms with E-state index in [4.69, 9.17) is 74.8 Å². The van der Waals surface area contributed by atoms with Crippen molar-refractivity contribution in [2.24, 2.45) is 0 Å². The number of benzene rings is 12. The van der Waals surface area contributed by atoms with Crippen LogP contribution in [0.4, 0.5) is 52.8 Å². The molecular formula is C93H54B3N27. The highest BCUT2D eigenvalue weighted by molar-refractivity contribution is 7.11. The maximum Gasteiger partial charge on any atom is 0.495 e. The van der Waals surface area contributed by atoms with E-state index in [0.717, 1.165) is 131 Å². The minimum atomic E-state index is -1.16. The summed E-state index contributed by atoms with van der Waals surface area (Å²) in [6.07, 6.45) is 10.3. The van der Waals surface area contributed by atoms with Crippen LogP contribution in [0, 0.1) is 0 Å². The molecule has 0 radical (unpaired) electrons. The molecule has 570 valence electrons. The lowest BCUT2D eigenvalue weighted by Crippen LogP contribution is -2.84. The third kappa shape index (κ3) is 8.93. The summed E-state index contributed by atoms with van der Waals surface area (Å²) in [5, 5.41) is 12.2. The van der Waals surface area contributed by atoms with Gasteiger partial charge in [-0.15, -0.1) is 0 Å². The second-order valence-corrected chi connectivity index (χ2v) is 30.9. The van der Waals surface area contributed by atoms with E-state index in [9.17, 15) is 0 Å². The quantitative estimate of drug-likeness (QED) is 0.122. The topological polar surface area (TPSA) is 242 Å². The first-order valence-electron chi connectivity index (χ1n) is 40.5. The van der Waals surface area contributed by atoms with Gasteiger partial charge < -0.3 is 14.2 Å². The Morgan fingerprint density at radius 2 is 0.276 bits per heavy atom. The van der Waals surface area contributed by atoms with Gasteiger partial charge in [-0.3, -0.25) is 41.8 Å². The zero-order valence-electron chi connectivity index (χ0n) is 64.5. The first-order valence-corrected chi connectivity index (χ1v) is 40.5. The van der Waals surface area contributed by atoms with Crippen LogP contribution in [0.5, 0.6) is 0 Å². The lowest BCUT2D eigenvalue weighted by Gasteiger charge is -2.49. The lowest BCUT2D eigenvalue weighted by atomic mass is 9.56. The van der Waals surface area contributed by atoms with E-state index in [1.807, 2.05) is 87.2 Å². The van der Waals surface area contributed by atoms with Gasteiger partial charge in [0, 0.05) is 102 Å². The molecule has 16 heterocycles. The van der Waals surface area contributed by atoms with Gasteiger partial charge in [-0.1, -0.05) is 218 Å². The molecule has 0 saturated carbocycles. The molecule has 0 aliphatic carbocycles. The van der Waals surface area contributed by atoms with Gasteiger partial charge in [-0.05, 0) is 72.8 Å². The van der Waals surface area contributed by atoms with Crippen LogP contribution >= 0.6 is 0 Å². The van der Waals surface area contributed by atoms with E-state index in [2.05, 4.69) is 260 Å². The molecular weight excluding hydrogens is 1530 g/mol. The van der Waals surface area contributed by atoms with E-state index >= 15 is 0 Å². The second-order valence-electron chi connectivity index (χ2n) is 30.9. The lowest BCUT2D eigenvalue weighted by molar-refractivity contribution is 0.881. The Labute approximate surface area is 695 Å². The van der Waals surface area contributed by atoms with Crippen LogP contribution in [0.25, 0.3) is 167 Å². The molecule has 24 aromatic rings. The van der Waals surface area contributed by atoms with Gasteiger partial charge in [0.25, 0.3) is 0 Å². The van der Waals surface area contributed by atoms with Crippen molar-refractivity contribution in [1.82, 2.24) is 102 Å². The molecule has 1 fully saturated rings. The Kier molecular flexibility index (Phi) is 13.2. The summed E-state index contributed by atoms with van der Waals surface area (Å²) in [7, 11) is -3.47. The smallest absolute Gasteiger partial charge is 0.365 e. The van der Waals surface area contributed by atoms with Gasteiger partial charge in [0.2, 0.25) is 53.5 Å². The second kappa shape index (κ2) is 24.7. The van der Waals surface area contributed by atoms with Crippen molar-refractivity contribution in [3.63, 3.8) is 0 Å². The molecule has 4 aliphatic rings. The van der Waals surface area contributed by atoms with Crippen molar-refractivity contribution in [1.29, 1.82) is 0 Å². The maximum atomic E-state index is 5.88. The number of hydrogen-bond donors (Lipinski definition) is 0. The van der Waals surface area contributed by atoms with Gasteiger partial charge >= 0.3 is 21.4 Å². The number of hydrogen-bond acceptors (Lipinski definition) is 21. The summed E-state index contributed by atoms with van der Waals surface area (Å²) in [4.78, 5) is 91.6. The van der Waals surface area contributed by atoms with E-state index in [0.29, 0.717) is 70.6 Å². The average Bonchev–Trinajstić information content (AvgIpc) is 1.50. The molecule has 30 heteroatoms. The predicted molar refractivity (Wildman–Crippen MR) is 483 cm³/mol. The molecule has 0 spiro atoms. The summed E-state index contributed by atoms with van der Waals surface area (Å²) >= 11 is 0. The highest BCUT2D eigenvalue weighted by Gasteiger charge is 2.73. The Balaban J connectivity index is 0.755. The number of anilines is 9. The molecule has 0 amide bonds. The van der Waals surface area contributed by atoms with Crippen LogP contribution in [0.15, 0.2) is 328 Å². The number of aromatic nitrogens is 21. The minimum absolute atomic E-state index is 0.201. The third-order valence-electron chi connectivity index (χ3n) is 24.7. The molecule has 0 bridgehead atoms. The molecule has 0 unspecified atom stereocenters. The van der Waals surface area contributed by atoms with Crippen molar-refractivity contribution in [3.05, 3.63) is 328 Å². The van der Waals surface area contributed by atoms with Crippen molar-refractivity contribution in [2.75, 3.05) is 28.6 Å². The first-order chi connectivity index (χ1) is 61.1. The molecule has 123 heavy (non-hydrogen) atoms. The van der Waals surface area contributed by atoms with Crippen LogP contribution in [-0.2, 0) is 0 Å². The van der Waals surface area contributed by atoms with Gasteiger partial charge in [-0.2, -0.15) is 44.9 Å². The van der Waals surface area contributed by atoms with Crippen LogP contribution in [0.2, 0.25) is 0 Å². The van der Waals surface area contributed by atoms with E-state index in [1.54, 1.807) is 37.2 Å². The first kappa shape index (κ1) is 65.8. The minimum Gasteiger partial charge on any atom is -0.365 e. The standard InChI is InChI=1S/C93H54B3N27/c1-13-37-67-55(25-1)56-26-2-14-38-68(56)112(67)85-103-86(113-69-39-15-3-27-57(69)58-28-4-16-40-70(58)113)107-91(106-85)118-79-82(100-52-49-97-79)121-94(118)122-83-80(98-50-53-101-83)119(92-108-87(114-71-41-17-5-29-59(71)60-30-6-18-42-72(60)114)104-88(109-92)115-73-43-19-7-31-61(73)62-32-8-20-44-74(62)115)96(122)123-84-81(99-51-54-102-84)120(95(121)123)93-110-89(116-75-45-21-9-33-63(75)64-34-10-22-46-76(64)116)105-90(111-93)117-77-47-23-11-35-65(77)66-36-12-24-48-78(66)117/h1-54H. The van der Waals surface area contributed by atoms with Gasteiger partial charge in [0.15, 0.2) is 34.9 Å². The summed E-state index contributed by atoms with van der Waals surface area (Å²) in [6.45, 7) is 0. The van der Waals surface area contributed by atoms with Crippen molar-refractivity contribution >= 4 is 205 Å². The van der Waals surface area contributed by atoms with Crippen molar-refractivity contribution in [3.8, 4) is 35.7 Å². The summed E-state index contributed by atoms with van der Waals surface area (Å²) in [6, 6.07) is 100. The van der Waals surface area contributed by atoms with E-state index < -0.39 is 21.4 Å². The van der Waals surface area contributed by atoms with Crippen LogP contribution < -0.4 is 28.6 Å². The fraction of sp³-hybridized carbons (Fsp3) is 0. The van der Waals surface area contributed by atoms with Gasteiger partial charge in [0.1, 0.15) is 0 Å². The molecule has 0 N–H and O–H groups in total. The Morgan fingerprint density at radius 1 is 0.146 bits per heavy atom. The summed E-state index contributed by atoms with van der Waals surface area (Å²) < 4.78 is 19.4. The fourth-order valence-electron chi connectivity index (χ4n) is 19.9. The summed E-state index contributed by atoms with van der Waals surface area (Å²) in [5.41, 5.74) is 10.6.